The van der Waals surface area contributed by atoms with Gasteiger partial charge in [-0.1, -0.05) is 16.7 Å². The highest BCUT2D eigenvalue weighted by Gasteiger charge is 2.56. The first-order valence-electron chi connectivity index (χ1n) is 10.3. The number of benzene rings is 1. The van der Waals surface area contributed by atoms with Crippen LogP contribution < -0.4 is 20.1 Å². The monoisotopic (exact) mass is 492 g/mol. The molecule has 0 radical (unpaired) electrons. The van der Waals surface area contributed by atoms with E-state index >= 15 is 0 Å². The zero-order valence-electron chi connectivity index (χ0n) is 17.4. The Kier molecular flexibility index (Phi) is 6.66. The first-order valence-corrected chi connectivity index (χ1v) is 10.7. The first-order chi connectivity index (χ1) is 15.6. The summed E-state index contributed by atoms with van der Waals surface area (Å²) in [5, 5.41) is 13.5. The second kappa shape index (κ2) is 9.34. The molecule has 5 atom stereocenters. The Morgan fingerprint density at radius 3 is 2.79 bits per heavy atom. The number of piperidine rings is 1. The molecule has 1 saturated carbocycles. The zero-order valence-corrected chi connectivity index (χ0v) is 18.1. The summed E-state index contributed by atoms with van der Waals surface area (Å²) >= 11 is 5.71. The Balaban J connectivity index is 1.39. The molecule has 0 spiro atoms. The quantitative estimate of drug-likeness (QED) is 0.568. The third kappa shape index (κ3) is 5.85. The van der Waals surface area contributed by atoms with E-state index in [9.17, 15) is 22.4 Å². The molecule has 3 unspecified atom stereocenters. The molecule has 0 bridgehead atoms. The van der Waals surface area contributed by atoms with Crippen molar-refractivity contribution in [3.8, 4) is 11.8 Å². The number of halogens is 5. The summed E-state index contributed by atoms with van der Waals surface area (Å²) in [6.45, 7) is 1.21. The molecule has 2 aromatic rings. The largest absolute Gasteiger partial charge is 0.473 e. The molecule has 2 fully saturated rings. The minimum absolute atomic E-state index is 0.0174. The predicted octanol–water partition coefficient (Wildman–Crippen LogP) is 3.77. The predicted molar refractivity (Wildman–Crippen MR) is 106 cm³/mol. The van der Waals surface area contributed by atoms with Gasteiger partial charge in [-0.2, -0.15) is 13.2 Å². The molecule has 2 N–H and O–H groups in total. The smallest absolute Gasteiger partial charge is 0.414 e. The van der Waals surface area contributed by atoms with Crippen molar-refractivity contribution in [2.75, 3.05) is 6.61 Å². The molecule has 1 aliphatic carbocycles. The normalized spacial score (nSPS) is 27.2. The lowest BCUT2D eigenvalue weighted by molar-refractivity contribution is -0.151. The Morgan fingerprint density at radius 1 is 1.33 bits per heavy atom. The minimum Gasteiger partial charge on any atom is -0.473 e. The third-order valence-corrected chi connectivity index (χ3v) is 5.83. The van der Waals surface area contributed by atoms with Gasteiger partial charge in [0.15, 0.2) is 6.23 Å². The molecule has 13 heteroatoms. The zero-order chi connectivity index (χ0) is 23.8. The highest BCUT2D eigenvalue weighted by molar-refractivity contribution is 6.30. The van der Waals surface area contributed by atoms with E-state index in [1.54, 1.807) is 0 Å². The van der Waals surface area contributed by atoms with Crippen LogP contribution in [0.1, 0.15) is 38.1 Å². The van der Waals surface area contributed by atoms with E-state index in [1.165, 1.54) is 19.1 Å². The summed E-state index contributed by atoms with van der Waals surface area (Å²) in [4.78, 5) is 11.6. The van der Waals surface area contributed by atoms with Crippen LogP contribution in [0.4, 0.5) is 17.6 Å². The van der Waals surface area contributed by atoms with E-state index in [0.29, 0.717) is 12.8 Å². The number of aromatic nitrogens is 2. The highest BCUT2D eigenvalue weighted by atomic mass is 35.5. The van der Waals surface area contributed by atoms with Gasteiger partial charge in [-0.3, -0.25) is 10.1 Å². The van der Waals surface area contributed by atoms with E-state index in [-0.39, 0.29) is 41.7 Å². The van der Waals surface area contributed by atoms with Gasteiger partial charge in [-0.25, -0.2) is 4.39 Å². The molecule has 33 heavy (non-hydrogen) atoms. The maximum absolute atomic E-state index is 13.8. The number of rotatable bonds is 7. The molecule has 1 aromatic carbocycles. The molecular weight excluding hydrogens is 472 g/mol. The van der Waals surface area contributed by atoms with Crippen LogP contribution in [0.3, 0.4) is 0 Å². The summed E-state index contributed by atoms with van der Waals surface area (Å²) in [6, 6.07) is 3.07. The molecule has 2 heterocycles. The molecule has 2 aliphatic rings. The van der Waals surface area contributed by atoms with E-state index in [0.717, 1.165) is 6.07 Å². The number of nitrogens with zero attached hydrogens (tertiary/aromatic N) is 2. The van der Waals surface area contributed by atoms with Crippen LogP contribution in [0.25, 0.3) is 0 Å². The standard InChI is InChI=1S/C20H21ClF4N4O4/c1-9(30)26-15-4-5-16(27-17(15)32-11-2-3-13(21)14(22)7-11)18-28-29-19(33-18)31-8-10-6-12(10)20(23,24)25/h2-3,7,10,12,15-17,27H,4-6,8H2,1H3,(H,26,30)/t10?,12?,15-,16+,17?/m0/s1. The van der Waals surface area contributed by atoms with E-state index in [2.05, 4.69) is 20.8 Å². The molecule has 1 amide bonds. The van der Waals surface area contributed by atoms with Crippen LogP contribution in [0.15, 0.2) is 22.6 Å². The van der Waals surface area contributed by atoms with Gasteiger partial charge in [0.05, 0.1) is 29.6 Å². The second-order valence-corrected chi connectivity index (χ2v) is 8.49. The van der Waals surface area contributed by atoms with Crippen LogP contribution in [0.2, 0.25) is 5.02 Å². The third-order valence-electron chi connectivity index (χ3n) is 5.52. The van der Waals surface area contributed by atoms with Crippen molar-refractivity contribution in [1.82, 2.24) is 20.8 Å². The SMILES string of the molecule is CC(=O)N[C@H]1CC[C@H](c2nnc(OCC3CC3C(F)(F)F)o2)NC1Oc1ccc(Cl)c(F)c1. The van der Waals surface area contributed by atoms with Gasteiger partial charge < -0.3 is 19.2 Å². The van der Waals surface area contributed by atoms with Crippen LogP contribution in [0.5, 0.6) is 11.8 Å². The number of carbonyl (C=O) groups is 1. The Hall–Kier alpha value is -2.60. The van der Waals surface area contributed by atoms with Gasteiger partial charge in [0.25, 0.3) is 0 Å². The fourth-order valence-electron chi connectivity index (χ4n) is 3.74. The van der Waals surface area contributed by atoms with Crippen LogP contribution in [0, 0.1) is 17.7 Å². The number of ether oxygens (including phenoxy) is 2. The number of hydrogen-bond donors (Lipinski definition) is 2. The van der Waals surface area contributed by atoms with E-state index in [4.69, 9.17) is 25.5 Å². The van der Waals surface area contributed by atoms with Gasteiger partial charge in [-0.05, 0) is 31.4 Å². The topological polar surface area (TPSA) is 98.5 Å². The summed E-state index contributed by atoms with van der Waals surface area (Å²) in [5.41, 5.74) is 0. The fraction of sp³-hybridized carbons (Fsp3) is 0.550. The van der Waals surface area contributed by atoms with Crippen molar-refractivity contribution in [3.63, 3.8) is 0 Å². The molecule has 8 nitrogen and oxygen atoms in total. The van der Waals surface area contributed by atoms with Gasteiger partial charge >= 0.3 is 12.3 Å². The van der Waals surface area contributed by atoms with Gasteiger partial charge in [0, 0.05) is 18.9 Å². The number of hydrogen-bond acceptors (Lipinski definition) is 7. The van der Waals surface area contributed by atoms with Crippen molar-refractivity contribution in [2.45, 2.75) is 50.7 Å². The average Bonchev–Trinajstić information content (AvgIpc) is 3.39. The molecule has 4 rings (SSSR count). The Bertz CT molecular complexity index is 1000. The summed E-state index contributed by atoms with van der Waals surface area (Å²) < 4.78 is 68.2. The number of carbonyl (C=O) groups excluding carboxylic acids is 1. The van der Waals surface area contributed by atoms with Crippen molar-refractivity contribution in [1.29, 1.82) is 0 Å². The lowest BCUT2D eigenvalue weighted by Gasteiger charge is -2.36. The van der Waals surface area contributed by atoms with E-state index < -0.39 is 42.1 Å². The van der Waals surface area contributed by atoms with Crippen molar-refractivity contribution < 1.29 is 36.2 Å². The second-order valence-electron chi connectivity index (χ2n) is 8.08. The van der Waals surface area contributed by atoms with E-state index in [1.807, 2.05) is 0 Å². The molecule has 1 aromatic heterocycles. The van der Waals surface area contributed by atoms with Crippen LogP contribution in [-0.2, 0) is 4.79 Å². The fourth-order valence-corrected chi connectivity index (χ4v) is 3.86. The molecule has 1 saturated heterocycles. The maximum atomic E-state index is 13.8. The lowest BCUT2D eigenvalue weighted by Crippen LogP contribution is -2.56. The number of amides is 1. The molecular formula is C20H21ClF4N4O4. The summed E-state index contributed by atoms with van der Waals surface area (Å²) in [5.74, 6) is -2.54. The Morgan fingerprint density at radius 2 is 2.12 bits per heavy atom. The number of alkyl halides is 3. The Labute approximate surface area is 191 Å². The maximum Gasteiger partial charge on any atom is 0.414 e. The average molecular weight is 493 g/mol. The number of nitrogens with one attached hydrogen (secondary N) is 2. The van der Waals surface area contributed by atoms with Gasteiger partial charge in [-0.15, -0.1) is 5.10 Å². The van der Waals surface area contributed by atoms with Crippen molar-refractivity contribution in [2.24, 2.45) is 11.8 Å². The van der Waals surface area contributed by atoms with Gasteiger partial charge in [0.2, 0.25) is 11.8 Å². The van der Waals surface area contributed by atoms with Crippen LogP contribution in [-0.4, -0.2) is 41.2 Å². The van der Waals surface area contributed by atoms with Crippen molar-refractivity contribution in [3.05, 3.63) is 34.9 Å². The lowest BCUT2D eigenvalue weighted by atomic mass is 9.98. The molecule has 180 valence electrons. The summed E-state index contributed by atoms with van der Waals surface area (Å²) in [6.07, 6.45) is -4.23. The highest BCUT2D eigenvalue weighted by Crippen LogP contribution is 2.50. The van der Waals surface area contributed by atoms with Crippen molar-refractivity contribution >= 4 is 17.5 Å². The van der Waals surface area contributed by atoms with Gasteiger partial charge in [0.1, 0.15) is 11.6 Å². The molecule has 1 aliphatic heterocycles. The van der Waals surface area contributed by atoms with Crippen LogP contribution >= 0.6 is 11.6 Å². The summed E-state index contributed by atoms with van der Waals surface area (Å²) in [7, 11) is 0. The minimum atomic E-state index is -4.23. The first kappa shape index (κ1) is 23.6.